The third kappa shape index (κ3) is 6.74. The van der Waals surface area contributed by atoms with Crippen LogP contribution >= 0.6 is 0 Å². The van der Waals surface area contributed by atoms with E-state index in [1.807, 2.05) is 6.07 Å². The number of nitrogens with one attached hydrogen (secondary N) is 1. The Balaban J connectivity index is 1.64. The summed E-state index contributed by atoms with van der Waals surface area (Å²) >= 11 is 0. The molecule has 0 radical (unpaired) electrons. The van der Waals surface area contributed by atoms with E-state index in [1.165, 1.54) is 6.21 Å². The van der Waals surface area contributed by atoms with Crippen LogP contribution in [0.2, 0.25) is 0 Å². The van der Waals surface area contributed by atoms with Gasteiger partial charge in [0, 0.05) is 5.69 Å². The number of hydrogen-bond acceptors (Lipinski definition) is 6. The van der Waals surface area contributed by atoms with E-state index >= 15 is 0 Å². The first kappa shape index (κ1) is 18.0. The maximum Gasteiger partial charge on any atom is 0.347 e. The van der Waals surface area contributed by atoms with Crippen LogP contribution in [0.1, 0.15) is 5.56 Å². The van der Waals surface area contributed by atoms with E-state index in [-0.39, 0.29) is 13.2 Å². The number of hydrogen-bond donors (Lipinski definition) is 1. The topological polar surface area (TPSA) is 86.2 Å². The Bertz CT molecular complexity index is 714. The summed E-state index contributed by atoms with van der Waals surface area (Å²) in [5, 5.41) is 6.26. The predicted molar refractivity (Wildman–Crippen MR) is 92.6 cm³/mol. The van der Waals surface area contributed by atoms with Crippen LogP contribution in [-0.4, -0.2) is 38.4 Å². The molecule has 2 aromatic rings. The van der Waals surface area contributed by atoms with Crippen molar-refractivity contribution in [3.63, 3.8) is 0 Å². The van der Waals surface area contributed by atoms with Crippen LogP contribution in [0.3, 0.4) is 0 Å². The van der Waals surface area contributed by atoms with Crippen LogP contribution in [0, 0.1) is 0 Å². The minimum Gasteiger partial charge on any atom is -0.497 e. The van der Waals surface area contributed by atoms with E-state index in [2.05, 4.69) is 10.5 Å². The Kier molecular flexibility index (Phi) is 6.99. The predicted octanol–water partition coefficient (Wildman–Crippen LogP) is 2.23. The molecule has 0 aliphatic rings. The molecule has 25 heavy (non-hydrogen) atoms. The molecule has 0 bridgehead atoms. The van der Waals surface area contributed by atoms with Crippen molar-refractivity contribution in [2.24, 2.45) is 5.16 Å². The first-order valence-electron chi connectivity index (χ1n) is 7.47. The highest BCUT2D eigenvalue weighted by atomic mass is 16.7. The molecule has 7 heteroatoms. The molecule has 0 saturated carbocycles. The van der Waals surface area contributed by atoms with Gasteiger partial charge in [-0.05, 0) is 42.0 Å². The number of ether oxygens (including phenoxy) is 2. The van der Waals surface area contributed by atoms with Gasteiger partial charge in [-0.1, -0.05) is 23.4 Å². The van der Waals surface area contributed by atoms with Gasteiger partial charge >= 0.3 is 5.97 Å². The Morgan fingerprint density at radius 1 is 1.04 bits per heavy atom. The number of methoxy groups -OCH3 is 1. The summed E-state index contributed by atoms with van der Waals surface area (Å²) in [5.41, 5.74) is 1.42. The van der Waals surface area contributed by atoms with Crippen LogP contribution in [0.25, 0.3) is 0 Å². The largest absolute Gasteiger partial charge is 0.497 e. The average Bonchev–Trinajstić information content (AvgIpc) is 2.65. The molecule has 130 valence electrons. The zero-order valence-corrected chi connectivity index (χ0v) is 13.7. The highest BCUT2D eigenvalue weighted by Crippen LogP contribution is 2.09. The van der Waals surface area contributed by atoms with Crippen molar-refractivity contribution in [1.29, 1.82) is 0 Å². The van der Waals surface area contributed by atoms with Gasteiger partial charge in [-0.3, -0.25) is 4.79 Å². The van der Waals surface area contributed by atoms with E-state index in [4.69, 9.17) is 14.3 Å². The number of benzene rings is 2. The van der Waals surface area contributed by atoms with Crippen LogP contribution in [0.15, 0.2) is 59.8 Å². The molecule has 0 saturated heterocycles. The molecule has 0 unspecified atom stereocenters. The van der Waals surface area contributed by atoms with Crippen molar-refractivity contribution in [3.05, 3.63) is 60.2 Å². The number of carbonyl (C=O) groups excluding carboxylic acids is 2. The molecule has 1 amide bonds. The molecule has 2 rings (SSSR count). The second-order valence-electron chi connectivity index (χ2n) is 4.86. The van der Waals surface area contributed by atoms with Gasteiger partial charge in [-0.2, -0.15) is 0 Å². The van der Waals surface area contributed by atoms with Crippen molar-refractivity contribution in [1.82, 2.24) is 0 Å². The first-order valence-corrected chi connectivity index (χ1v) is 7.47. The second-order valence-corrected chi connectivity index (χ2v) is 4.86. The molecular formula is C18H18N2O5. The van der Waals surface area contributed by atoms with Crippen molar-refractivity contribution in [2.75, 3.05) is 25.6 Å². The van der Waals surface area contributed by atoms with Crippen molar-refractivity contribution in [3.8, 4) is 5.75 Å². The second kappa shape index (κ2) is 9.71. The SMILES string of the molecule is COc1ccc(/C=N\OCC(=O)OCC(=O)Nc2ccccc2)cc1. The lowest BCUT2D eigenvalue weighted by molar-refractivity contribution is -0.151. The quantitative estimate of drug-likeness (QED) is 0.452. The van der Waals surface area contributed by atoms with Crippen molar-refractivity contribution >= 4 is 23.8 Å². The van der Waals surface area contributed by atoms with E-state index in [1.54, 1.807) is 55.6 Å². The number of rotatable bonds is 8. The van der Waals surface area contributed by atoms with Crippen molar-refractivity contribution < 1.29 is 23.9 Å². The number of amides is 1. The summed E-state index contributed by atoms with van der Waals surface area (Å²) in [7, 11) is 1.58. The third-order valence-electron chi connectivity index (χ3n) is 3.00. The maximum atomic E-state index is 11.6. The zero-order valence-electron chi connectivity index (χ0n) is 13.7. The fourth-order valence-electron chi connectivity index (χ4n) is 1.78. The standard InChI is InChI=1S/C18H18N2O5/c1-23-16-9-7-14(8-10-16)11-19-25-13-18(22)24-12-17(21)20-15-5-3-2-4-6-15/h2-11H,12-13H2,1H3,(H,20,21)/b19-11-. The van der Waals surface area contributed by atoms with Gasteiger partial charge in [0.05, 0.1) is 13.3 Å². The van der Waals surface area contributed by atoms with Crippen LogP contribution in [0.4, 0.5) is 5.69 Å². The Morgan fingerprint density at radius 3 is 2.44 bits per heavy atom. The van der Waals surface area contributed by atoms with E-state index < -0.39 is 11.9 Å². The Morgan fingerprint density at radius 2 is 1.76 bits per heavy atom. The molecule has 0 aromatic heterocycles. The highest BCUT2D eigenvalue weighted by molar-refractivity contribution is 5.92. The van der Waals surface area contributed by atoms with E-state index in [0.717, 1.165) is 11.3 Å². The van der Waals surface area contributed by atoms with Gasteiger partial charge in [0.25, 0.3) is 5.91 Å². The van der Waals surface area contributed by atoms with Crippen LogP contribution in [0.5, 0.6) is 5.75 Å². The minimum atomic E-state index is -0.685. The van der Waals surface area contributed by atoms with Crippen LogP contribution in [-0.2, 0) is 19.2 Å². The lowest BCUT2D eigenvalue weighted by Gasteiger charge is -2.05. The molecule has 7 nitrogen and oxygen atoms in total. The van der Waals surface area contributed by atoms with Gasteiger partial charge in [0.2, 0.25) is 6.61 Å². The Labute approximate surface area is 145 Å². The van der Waals surface area contributed by atoms with E-state index in [9.17, 15) is 9.59 Å². The molecule has 0 aliphatic carbocycles. The number of oxime groups is 1. The van der Waals surface area contributed by atoms with Gasteiger partial charge in [-0.25, -0.2) is 4.79 Å². The lowest BCUT2D eigenvalue weighted by atomic mass is 10.2. The summed E-state index contributed by atoms with van der Waals surface area (Å²) in [5.74, 6) is -0.383. The number of esters is 1. The monoisotopic (exact) mass is 342 g/mol. The molecule has 2 aromatic carbocycles. The first-order chi connectivity index (χ1) is 12.2. The maximum absolute atomic E-state index is 11.6. The van der Waals surface area contributed by atoms with E-state index in [0.29, 0.717) is 5.69 Å². The normalized spacial score (nSPS) is 10.3. The molecule has 1 N–H and O–H groups in total. The summed E-state index contributed by atoms with van der Waals surface area (Å²) in [6.45, 7) is -0.773. The molecule has 0 atom stereocenters. The van der Waals surface area contributed by atoms with Gasteiger partial charge in [0.15, 0.2) is 6.61 Å². The molecule has 0 aliphatic heterocycles. The Hall–Kier alpha value is -3.35. The summed E-state index contributed by atoms with van der Waals surface area (Å²) in [6, 6.07) is 16.0. The highest BCUT2D eigenvalue weighted by Gasteiger charge is 2.08. The molecule has 0 spiro atoms. The summed E-state index contributed by atoms with van der Waals surface area (Å²) in [6.07, 6.45) is 1.45. The average molecular weight is 342 g/mol. The fourth-order valence-corrected chi connectivity index (χ4v) is 1.78. The van der Waals surface area contributed by atoms with Gasteiger partial charge in [0.1, 0.15) is 5.75 Å². The number of carbonyl (C=O) groups is 2. The summed E-state index contributed by atoms with van der Waals surface area (Å²) < 4.78 is 9.83. The molecular weight excluding hydrogens is 324 g/mol. The molecule has 0 fully saturated rings. The van der Waals surface area contributed by atoms with Crippen molar-refractivity contribution in [2.45, 2.75) is 0 Å². The van der Waals surface area contributed by atoms with Crippen LogP contribution < -0.4 is 10.1 Å². The number of anilines is 1. The fraction of sp³-hybridized carbons (Fsp3) is 0.167. The van der Waals surface area contributed by atoms with Gasteiger partial charge in [-0.15, -0.1) is 0 Å². The smallest absolute Gasteiger partial charge is 0.347 e. The number of nitrogens with zero attached hydrogens (tertiary/aromatic N) is 1. The third-order valence-corrected chi connectivity index (χ3v) is 3.00. The summed E-state index contributed by atoms with van der Waals surface area (Å²) in [4.78, 5) is 27.9. The minimum absolute atomic E-state index is 0.384. The lowest BCUT2D eigenvalue weighted by Crippen LogP contribution is -2.22. The molecule has 0 heterocycles. The number of para-hydroxylation sites is 1. The van der Waals surface area contributed by atoms with Gasteiger partial charge < -0.3 is 19.6 Å². The zero-order chi connectivity index (χ0) is 17.9.